The molecule has 160 valence electrons. The summed E-state index contributed by atoms with van der Waals surface area (Å²) in [6.45, 7) is 11.0. The lowest BCUT2D eigenvalue weighted by Crippen LogP contribution is -2.13. The number of nitrogens with zero attached hydrogens (tertiary/aromatic N) is 1. The van der Waals surface area contributed by atoms with E-state index in [1.54, 1.807) is 30.3 Å². The van der Waals surface area contributed by atoms with Crippen molar-refractivity contribution in [3.05, 3.63) is 41.8 Å². The first-order valence-electron chi connectivity index (χ1n) is 10.2. The molecule has 1 aromatic heterocycles. The third-order valence-corrected chi connectivity index (χ3v) is 4.33. The number of fused-ring (bicyclic) bond motifs is 1. The van der Waals surface area contributed by atoms with Gasteiger partial charge >= 0.3 is 0 Å². The summed E-state index contributed by atoms with van der Waals surface area (Å²) in [6.07, 6.45) is 0. The van der Waals surface area contributed by atoms with E-state index < -0.39 is 0 Å². The molecule has 0 aliphatic heterocycles. The van der Waals surface area contributed by atoms with Gasteiger partial charge in [0.1, 0.15) is 5.52 Å². The van der Waals surface area contributed by atoms with Crippen LogP contribution in [0.25, 0.3) is 11.1 Å². The second kappa shape index (κ2) is 9.52. The predicted molar refractivity (Wildman–Crippen MR) is 116 cm³/mol. The predicted octanol–water partition coefficient (Wildman–Crippen LogP) is 5.40. The second-order valence-electron chi connectivity index (χ2n) is 6.94. The monoisotopic (exact) mass is 412 g/mol. The Morgan fingerprint density at radius 1 is 1.00 bits per heavy atom. The van der Waals surface area contributed by atoms with Gasteiger partial charge < -0.3 is 23.9 Å². The zero-order valence-corrected chi connectivity index (χ0v) is 18.1. The van der Waals surface area contributed by atoms with E-state index >= 15 is 0 Å². The van der Waals surface area contributed by atoms with E-state index in [1.165, 1.54) is 0 Å². The van der Waals surface area contributed by atoms with Gasteiger partial charge in [0.05, 0.1) is 19.8 Å². The van der Waals surface area contributed by atoms with Crippen LogP contribution in [0.1, 0.15) is 56.8 Å². The first-order chi connectivity index (χ1) is 14.5. The molecule has 0 atom stereocenters. The van der Waals surface area contributed by atoms with Crippen LogP contribution in [0.4, 0.5) is 5.69 Å². The number of aromatic nitrogens is 1. The van der Waals surface area contributed by atoms with Crippen LogP contribution in [-0.2, 0) is 0 Å². The molecule has 3 rings (SSSR count). The molecule has 1 heterocycles. The van der Waals surface area contributed by atoms with Gasteiger partial charge in [-0.25, -0.2) is 4.98 Å². The molecule has 7 nitrogen and oxygen atoms in total. The van der Waals surface area contributed by atoms with Crippen LogP contribution < -0.4 is 19.5 Å². The summed E-state index contributed by atoms with van der Waals surface area (Å²) in [4.78, 5) is 17.4. The summed E-state index contributed by atoms with van der Waals surface area (Å²) in [6, 6.07) is 8.72. The van der Waals surface area contributed by atoms with Crippen LogP contribution in [0.2, 0.25) is 0 Å². The Kier molecular flexibility index (Phi) is 6.82. The highest BCUT2D eigenvalue weighted by atomic mass is 16.5. The molecular weight excluding hydrogens is 384 g/mol. The van der Waals surface area contributed by atoms with Crippen molar-refractivity contribution in [2.75, 3.05) is 25.1 Å². The number of carbonyl (C=O) groups is 1. The Balaban J connectivity index is 1.90. The van der Waals surface area contributed by atoms with Crippen molar-refractivity contribution < 1.29 is 23.4 Å². The molecular formula is C23H28N2O5. The number of amides is 1. The molecule has 0 fully saturated rings. The Bertz CT molecular complexity index is 999. The first-order valence-corrected chi connectivity index (χ1v) is 10.2. The van der Waals surface area contributed by atoms with E-state index in [0.29, 0.717) is 65.3 Å². The lowest BCUT2D eigenvalue weighted by atomic mass is 10.1. The Morgan fingerprint density at radius 2 is 1.63 bits per heavy atom. The van der Waals surface area contributed by atoms with E-state index in [1.807, 2.05) is 34.6 Å². The van der Waals surface area contributed by atoms with Crippen molar-refractivity contribution in [2.45, 2.75) is 40.5 Å². The van der Waals surface area contributed by atoms with Crippen LogP contribution in [0.5, 0.6) is 17.2 Å². The smallest absolute Gasteiger partial charge is 0.255 e. The number of oxazole rings is 1. The van der Waals surface area contributed by atoms with Gasteiger partial charge in [0.25, 0.3) is 5.91 Å². The minimum atomic E-state index is -0.285. The third-order valence-electron chi connectivity index (χ3n) is 4.33. The van der Waals surface area contributed by atoms with E-state index in [9.17, 15) is 4.79 Å². The quantitative estimate of drug-likeness (QED) is 0.507. The fourth-order valence-corrected chi connectivity index (χ4v) is 2.99. The lowest BCUT2D eigenvalue weighted by molar-refractivity contribution is 0.102. The average molecular weight is 412 g/mol. The maximum atomic E-state index is 12.9. The van der Waals surface area contributed by atoms with Crippen LogP contribution in [0.3, 0.4) is 0 Å². The molecule has 0 radical (unpaired) electrons. The Morgan fingerprint density at radius 3 is 2.20 bits per heavy atom. The standard InChI is InChI=1S/C23H28N2O5/c1-6-27-19-11-15(12-20(28-7-2)21(19)29-8-3)22(26)24-16-9-10-18-17(13-16)25-23(30-18)14(4)5/h9-14H,6-8H2,1-5H3,(H,24,26). The molecule has 0 saturated heterocycles. The molecule has 0 saturated carbocycles. The molecule has 3 aromatic rings. The zero-order chi connectivity index (χ0) is 21.7. The number of benzene rings is 2. The van der Waals surface area contributed by atoms with Gasteiger partial charge in [-0.15, -0.1) is 0 Å². The van der Waals surface area contributed by atoms with Gasteiger partial charge in [-0.3, -0.25) is 4.79 Å². The van der Waals surface area contributed by atoms with Crippen molar-refractivity contribution >= 4 is 22.7 Å². The van der Waals surface area contributed by atoms with Crippen molar-refractivity contribution in [3.8, 4) is 17.2 Å². The molecule has 2 aromatic carbocycles. The van der Waals surface area contributed by atoms with Crippen molar-refractivity contribution in [3.63, 3.8) is 0 Å². The van der Waals surface area contributed by atoms with Gasteiger partial charge in [-0.2, -0.15) is 0 Å². The van der Waals surface area contributed by atoms with Crippen LogP contribution in [0, 0.1) is 0 Å². The first kappa shape index (κ1) is 21.5. The molecule has 1 N–H and O–H groups in total. The highest BCUT2D eigenvalue weighted by Gasteiger charge is 2.19. The summed E-state index contributed by atoms with van der Waals surface area (Å²) in [7, 11) is 0. The Labute approximate surface area is 176 Å². The number of anilines is 1. The summed E-state index contributed by atoms with van der Waals surface area (Å²) < 4.78 is 22.8. The normalized spacial score (nSPS) is 11.0. The average Bonchev–Trinajstić information content (AvgIpc) is 3.14. The van der Waals surface area contributed by atoms with Gasteiger partial charge in [-0.1, -0.05) is 13.8 Å². The molecule has 0 spiro atoms. The molecule has 0 unspecified atom stereocenters. The van der Waals surface area contributed by atoms with Crippen molar-refractivity contribution in [2.24, 2.45) is 0 Å². The highest BCUT2D eigenvalue weighted by Crippen LogP contribution is 2.39. The number of nitrogens with one attached hydrogen (secondary N) is 1. The lowest BCUT2D eigenvalue weighted by Gasteiger charge is -2.17. The van der Waals surface area contributed by atoms with E-state index in [4.69, 9.17) is 18.6 Å². The van der Waals surface area contributed by atoms with Crippen LogP contribution in [-0.4, -0.2) is 30.7 Å². The maximum Gasteiger partial charge on any atom is 0.255 e. The van der Waals surface area contributed by atoms with Crippen molar-refractivity contribution in [1.82, 2.24) is 4.98 Å². The highest BCUT2D eigenvalue weighted by molar-refractivity contribution is 6.05. The molecule has 1 amide bonds. The van der Waals surface area contributed by atoms with Crippen LogP contribution in [0.15, 0.2) is 34.7 Å². The Hall–Kier alpha value is -3.22. The topological polar surface area (TPSA) is 82.8 Å². The molecule has 0 aliphatic carbocycles. The molecule has 0 aliphatic rings. The van der Waals surface area contributed by atoms with Gasteiger partial charge in [0, 0.05) is 17.2 Å². The SMILES string of the molecule is CCOc1cc(C(=O)Nc2ccc3oc(C(C)C)nc3c2)cc(OCC)c1OCC. The molecule has 30 heavy (non-hydrogen) atoms. The summed E-state index contributed by atoms with van der Waals surface area (Å²) in [5.41, 5.74) is 2.43. The van der Waals surface area contributed by atoms with Gasteiger partial charge in [0.2, 0.25) is 5.75 Å². The van der Waals surface area contributed by atoms with Gasteiger partial charge in [0.15, 0.2) is 23.0 Å². The fraction of sp³-hybridized carbons (Fsp3) is 0.391. The summed E-state index contributed by atoms with van der Waals surface area (Å²) in [5.74, 6) is 2.03. The van der Waals surface area contributed by atoms with E-state index in [0.717, 1.165) is 0 Å². The van der Waals surface area contributed by atoms with Crippen molar-refractivity contribution in [1.29, 1.82) is 0 Å². The number of rotatable bonds is 9. The minimum Gasteiger partial charge on any atom is -0.490 e. The number of ether oxygens (including phenoxy) is 3. The molecule has 7 heteroatoms. The van der Waals surface area contributed by atoms with E-state index in [-0.39, 0.29) is 11.8 Å². The van der Waals surface area contributed by atoms with Gasteiger partial charge in [-0.05, 0) is 51.1 Å². The van der Waals surface area contributed by atoms with Crippen LogP contribution >= 0.6 is 0 Å². The van der Waals surface area contributed by atoms with E-state index in [2.05, 4.69) is 10.3 Å². The second-order valence-corrected chi connectivity index (χ2v) is 6.94. The third kappa shape index (κ3) is 4.67. The number of hydrogen-bond acceptors (Lipinski definition) is 6. The number of hydrogen-bond donors (Lipinski definition) is 1. The fourth-order valence-electron chi connectivity index (χ4n) is 2.99. The maximum absolute atomic E-state index is 12.9. The largest absolute Gasteiger partial charge is 0.490 e. The zero-order valence-electron chi connectivity index (χ0n) is 18.1. The number of carbonyl (C=O) groups excluding carboxylic acids is 1. The molecule has 0 bridgehead atoms. The summed E-state index contributed by atoms with van der Waals surface area (Å²) >= 11 is 0. The summed E-state index contributed by atoms with van der Waals surface area (Å²) in [5, 5.41) is 2.91. The minimum absolute atomic E-state index is 0.188.